The predicted molar refractivity (Wildman–Crippen MR) is 105 cm³/mol. The molecule has 0 unspecified atom stereocenters. The number of nitrogens with zero attached hydrogens (tertiary/aromatic N) is 5. The summed E-state index contributed by atoms with van der Waals surface area (Å²) >= 11 is 0. The number of hydrogen-bond donors (Lipinski definition) is 1. The number of ether oxygens (including phenoxy) is 1. The van der Waals surface area contributed by atoms with E-state index in [2.05, 4.69) is 52.1 Å². The third kappa shape index (κ3) is 2.66. The largest absolute Gasteiger partial charge is 0.377 e. The van der Waals surface area contributed by atoms with Crippen molar-refractivity contribution in [2.75, 3.05) is 24.7 Å². The number of hydrogen-bond acceptors (Lipinski definition) is 5. The van der Waals surface area contributed by atoms with Crippen LogP contribution >= 0.6 is 0 Å². The minimum absolute atomic E-state index is 0.310. The fourth-order valence-electron chi connectivity index (χ4n) is 3.78. The van der Waals surface area contributed by atoms with E-state index in [4.69, 9.17) is 9.84 Å². The molecule has 0 radical (unpaired) electrons. The van der Waals surface area contributed by atoms with Crippen molar-refractivity contribution >= 4 is 22.4 Å². The van der Waals surface area contributed by atoms with Gasteiger partial charge in [0.15, 0.2) is 5.65 Å². The first-order chi connectivity index (χ1) is 13.2. The number of imidazole rings is 1. The van der Waals surface area contributed by atoms with Gasteiger partial charge in [0.25, 0.3) is 0 Å². The van der Waals surface area contributed by atoms with Gasteiger partial charge in [-0.25, -0.2) is 9.50 Å². The third-order valence-electron chi connectivity index (χ3n) is 5.28. The van der Waals surface area contributed by atoms with E-state index < -0.39 is 0 Å². The Morgan fingerprint density at radius 2 is 2.19 bits per heavy atom. The van der Waals surface area contributed by atoms with E-state index >= 15 is 0 Å². The molecule has 7 nitrogen and oxygen atoms in total. The van der Waals surface area contributed by atoms with Crippen molar-refractivity contribution in [2.24, 2.45) is 0 Å². The average Bonchev–Trinajstić information content (AvgIpc) is 3.31. The molecular formula is C20H22N6O. The van der Waals surface area contributed by atoms with E-state index in [0.29, 0.717) is 6.04 Å². The Morgan fingerprint density at radius 1 is 1.26 bits per heavy atom. The zero-order valence-electron chi connectivity index (χ0n) is 15.5. The van der Waals surface area contributed by atoms with Crippen LogP contribution in [0.25, 0.3) is 27.8 Å². The first-order valence-corrected chi connectivity index (χ1v) is 9.41. The van der Waals surface area contributed by atoms with Crippen LogP contribution in [0.4, 0.5) is 5.82 Å². The third-order valence-corrected chi connectivity index (χ3v) is 5.28. The molecule has 1 aliphatic rings. The molecule has 3 aromatic heterocycles. The lowest BCUT2D eigenvalue weighted by molar-refractivity contribution is 0.0984. The van der Waals surface area contributed by atoms with Gasteiger partial charge >= 0.3 is 0 Å². The molecule has 1 saturated heterocycles. The Hall–Kier alpha value is -2.93. The van der Waals surface area contributed by atoms with Gasteiger partial charge in [-0.15, -0.1) is 5.10 Å². The summed E-state index contributed by atoms with van der Waals surface area (Å²) in [6.45, 7) is 6.60. The van der Waals surface area contributed by atoms with Gasteiger partial charge in [-0.3, -0.25) is 5.10 Å². The zero-order chi connectivity index (χ0) is 18.4. The highest BCUT2D eigenvalue weighted by atomic mass is 16.5. The summed E-state index contributed by atoms with van der Waals surface area (Å²) < 4.78 is 7.49. The maximum Gasteiger partial charge on any atom is 0.154 e. The van der Waals surface area contributed by atoms with Crippen LogP contribution in [0.5, 0.6) is 0 Å². The molecule has 0 saturated carbocycles. The highest BCUT2D eigenvalue weighted by molar-refractivity contribution is 5.86. The number of anilines is 1. The topological polar surface area (TPSA) is 71.3 Å². The Morgan fingerprint density at radius 3 is 3.04 bits per heavy atom. The molecule has 0 amide bonds. The number of aromatic nitrogens is 5. The van der Waals surface area contributed by atoms with Crippen molar-refractivity contribution in [1.29, 1.82) is 0 Å². The summed E-state index contributed by atoms with van der Waals surface area (Å²) in [4.78, 5) is 6.84. The number of fused-ring (bicyclic) bond motifs is 2. The molecule has 1 N–H and O–H groups in total. The van der Waals surface area contributed by atoms with Crippen LogP contribution in [-0.2, 0) is 11.2 Å². The van der Waals surface area contributed by atoms with Crippen molar-refractivity contribution < 1.29 is 4.74 Å². The summed E-state index contributed by atoms with van der Waals surface area (Å²) in [5.41, 5.74) is 5.05. The summed E-state index contributed by atoms with van der Waals surface area (Å²) in [6, 6.07) is 10.7. The van der Waals surface area contributed by atoms with E-state index in [1.54, 1.807) is 0 Å². The number of aryl methyl sites for hydroxylation is 1. The van der Waals surface area contributed by atoms with Crippen molar-refractivity contribution in [3.63, 3.8) is 0 Å². The van der Waals surface area contributed by atoms with Crippen LogP contribution in [0, 0.1) is 0 Å². The number of H-pyrrole nitrogens is 1. The zero-order valence-corrected chi connectivity index (χ0v) is 15.5. The summed E-state index contributed by atoms with van der Waals surface area (Å²) in [5, 5.41) is 13.6. The standard InChI is InChI=1S/C20H22N6O/c1-3-16-15-10-14(4-5-17(15)23-22-16)18-11-21-19-6-7-20(24-26(18)19)25-8-9-27-12-13(25)2/h4-7,10-11,13H,3,8-9,12H2,1-2H3,(H,22,23)/t13-/m1/s1. The van der Waals surface area contributed by atoms with Crippen LogP contribution in [-0.4, -0.2) is 50.6 Å². The Balaban J connectivity index is 1.62. The Bertz CT molecular complexity index is 1110. The maximum absolute atomic E-state index is 5.56. The van der Waals surface area contributed by atoms with E-state index in [1.165, 1.54) is 0 Å². The van der Waals surface area contributed by atoms with Crippen LogP contribution in [0.15, 0.2) is 36.5 Å². The van der Waals surface area contributed by atoms with Crippen molar-refractivity contribution in [1.82, 2.24) is 24.8 Å². The minimum Gasteiger partial charge on any atom is -0.377 e. The van der Waals surface area contributed by atoms with Crippen LogP contribution in [0.3, 0.4) is 0 Å². The van der Waals surface area contributed by atoms with Crippen LogP contribution in [0.1, 0.15) is 19.5 Å². The monoisotopic (exact) mass is 362 g/mol. The van der Waals surface area contributed by atoms with E-state index in [9.17, 15) is 0 Å². The predicted octanol–water partition coefficient (Wildman–Crippen LogP) is 3.06. The molecule has 4 aromatic rings. The van der Waals surface area contributed by atoms with Gasteiger partial charge in [0, 0.05) is 17.5 Å². The molecule has 0 aliphatic carbocycles. The van der Waals surface area contributed by atoms with Crippen LogP contribution in [0.2, 0.25) is 0 Å². The molecule has 27 heavy (non-hydrogen) atoms. The molecule has 5 rings (SSSR count). The van der Waals surface area contributed by atoms with Crippen molar-refractivity contribution in [3.8, 4) is 11.3 Å². The van der Waals surface area contributed by atoms with E-state index in [1.807, 2.05) is 22.8 Å². The number of morpholine rings is 1. The fourth-order valence-corrected chi connectivity index (χ4v) is 3.78. The lowest BCUT2D eigenvalue weighted by Gasteiger charge is -2.34. The Kier molecular flexibility index (Phi) is 3.82. The average molecular weight is 362 g/mol. The number of aromatic amines is 1. The van der Waals surface area contributed by atoms with Gasteiger partial charge in [-0.1, -0.05) is 13.0 Å². The molecule has 0 bridgehead atoms. The lowest BCUT2D eigenvalue weighted by Crippen LogP contribution is -2.44. The first kappa shape index (κ1) is 16.3. The maximum atomic E-state index is 5.56. The smallest absolute Gasteiger partial charge is 0.154 e. The molecule has 138 valence electrons. The van der Waals surface area contributed by atoms with Crippen molar-refractivity contribution in [3.05, 3.63) is 42.2 Å². The van der Waals surface area contributed by atoms with Gasteiger partial charge in [0.05, 0.1) is 42.4 Å². The molecule has 4 heterocycles. The van der Waals surface area contributed by atoms with E-state index in [0.717, 1.165) is 65.5 Å². The van der Waals surface area contributed by atoms with Gasteiger partial charge in [-0.2, -0.15) is 5.10 Å². The van der Waals surface area contributed by atoms with Gasteiger partial charge in [0.2, 0.25) is 0 Å². The van der Waals surface area contributed by atoms with Gasteiger partial charge in [0.1, 0.15) is 5.82 Å². The summed E-state index contributed by atoms with van der Waals surface area (Å²) in [7, 11) is 0. The second kappa shape index (κ2) is 6.35. The first-order valence-electron chi connectivity index (χ1n) is 9.41. The molecule has 7 heteroatoms. The molecule has 1 atom stereocenters. The number of benzene rings is 1. The fraction of sp³-hybridized carbons (Fsp3) is 0.350. The Labute approximate surface area is 157 Å². The second-order valence-corrected chi connectivity index (χ2v) is 7.01. The highest BCUT2D eigenvalue weighted by Crippen LogP contribution is 2.27. The SMILES string of the molecule is CCc1n[nH]c2ccc(-c3cnc4ccc(N5CCOC[C@H]5C)nn34)cc12. The molecule has 0 spiro atoms. The summed E-state index contributed by atoms with van der Waals surface area (Å²) in [6.07, 6.45) is 2.79. The minimum atomic E-state index is 0.310. The summed E-state index contributed by atoms with van der Waals surface area (Å²) in [5.74, 6) is 0.955. The van der Waals surface area contributed by atoms with Crippen molar-refractivity contribution in [2.45, 2.75) is 26.3 Å². The highest BCUT2D eigenvalue weighted by Gasteiger charge is 2.21. The quantitative estimate of drug-likeness (QED) is 0.606. The molecule has 1 aromatic carbocycles. The molecule has 1 fully saturated rings. The van der Waals surface area contributed by atoms with E-state index in [-0.39, 0.29) is 0 Å². The lowest BCUT2D eigenvalue weighted by atomic mass is 10.1. The molecule has 1 aliphatic heterocycles. The number of nitrogens with one attached hydrogen (secondary N) is 1. The number of rotatable bonds is 3. The molecular weight excluding hydrogens is 340 g/mol. The van der Waals surface area contributed by atoms with Crippen LogP contribution < -0.4 is 4.90 Å². The van der Waals surface area contributed by atoms with Gasteiger partial charge < -0.3 is 9.64 Å². The van der Waals surface area contributed by atoms with Gasteiger partial charge in [-0.05, 0) is 37.6 Å². The normalized spacial score (nSPS) is 17.9. The second-order valence-electron chi connectivity index (χ2n) is 7.01.